The summed E-state index contributed by atoms with van der Waals surface area (Å²) in [5.74, 6) is 0.110. The van der Waals surface area contributed by atoms with Crippen molar-refractivity contribution in [1.29, 1.82) is 0 Å². The highest BCUT2D eigenvalue weighted by atomic mass is 32.2. The van der Waals surface area contributed by atoms with E-state index in [1.54, 1.807) is 32.0 Å². The third kappa shape index (κ3) is 5.31. The maximum Gasteiger partial charge on any atom is 0.252 e. The molecule has 0 saturated carbocycles. The average Bonchev–Trinajstić information content (AvgIpc) is 2.61. The van der Waals surface area contributed by atoms with Gasteiger partial charge >= 0.3 is 0 Å². The van der Waals surface area contributed by atoms with Gasteiger partial charge in [0.25, 0.3) is 5.91 Å². The standard InChI is InChI=1S/C20H30N2O4S/c1-14(2)13-19(23)22-11-9-16(10-12-22)21-20(24)17-7-5-6-8-18(17)27(25,26)15(3)4/h5-8,14-16H,9-13H2,1-4H3,(H,21,24). The van der Waals surface area contributed by atoms with E-state index >= 15 is 0 Å². The van der Waals surface area contributed by atoms with Gasteiger partial charge in [0.15, 0.2) is 9.84 Å². The normalized spacial score (nSPS) is 16.0. The van der Waals surface area contributed by atoms with Crippen molar-refractivity contribution in [1.82, 2.24) is 10.2 Å². The first-order valence-electron chi connectivity index (χ1n) is 9.54. The minimum absolute atomic E-state index is 0.0598. The summed E-state index contributed by atoms with van der Waals surface area (Å²) in [6.45, 7) is 8.48. The molecule has 2 amide bonds. The van der Waals surface area contributed by atoms with Crippen LogP contribution in [0.3, 0.4) is 0 Å². The van der Waals surface area contributed by atoms with E-state index in [-0.39, 0.29) is 28.3 Å². The maximum atomic E-state index is 12.7. The largest absolute Gasteiger partial charge is 0.349 e. The molecule has 0 unspecified atom stereocenters. The molecule has 1 aliphatic heterocycles. The Balaban J connectivity index is 2.03. The van der Waals surface area contributed by atoms with Crippen LogP contribution in [-0.2, 0) is 14.6 Å². The minimum atomic E-state index is -3.54. The monoisotopic (exact) mass is 394 g/mol. The molecule has 7 heteroatoms. The van der Waals surface area contributed by atoms with E-state index in [1.807, 2.05) is 18.7 Å². The Labute approximate surface area is 162 Å². The van der Waals surface area contributed by atoms with E-state index in [0.29, 0.717) is 38.3 Å². The van der Waals surface area contributed by atoms with Crippen molar-refractivity contribution in [2.24, 2.45) is 5.92 Å². The SMILES string of the molecule is CC(C)CC(=O)N1CCC(NC(=O)c2ccccc2S(=O)(=O)C(C)C)CC1. The molecule has 2 rings (SSSR count). The van der Waals surface area contributed by atoms with Crippen LogP contribution in [0.1, 0.15) is 57.3 Å². The number of carbonyl (C=O) groups is 2. The maximum absolute atomic E-state index is 12.7. The molecule has 0 radical (unpaired) electrons. The summed E-state index contributed by atoms with van der Waals surface area (Å²) in [6.07, 6.45) is 1.89. The molecule has 0 aliphatic carbocycles. The molecular weight excluding hydrogens is 364 g/mol. The van der Waals surface area contributed by atoms with E-state index in [1.165, 1.54) is 6.07 Å². The van der Waals surface area contributed by atoms with E-state index in [2.05, 4.69) is 5.32 Å². The summed E-state index contributed by atoms with van der Waals surface area (Å²) >= 11 is 0. The summed E-state index contributed by atoms with van der Waals surface area (Å²) in [5, 5.41) is 2.35. The van der Waals surface area contributed by atoms with E-state index in [0.717, 1.165) is 0 Å². The second kappa shape index (κ2) is 8.87. The van der Waals surface area contributed by atoms with Crippen molar-refractivity contribution < 1.29 is 18.0 Å². The predicted octanol–water partition coefficient (Wildman–Crippen LogP) is 2.64. The first kappa shape index (κ1) is 21.4. The van der Waals surface area contributed by atoms with Gasteiger partial charge in [-0.1, -0.05) is 26.0 Å². The highest BCUT2D eigenvalue weighted by Crippen LogP contribution is 2.21. The van der Waals surface area contributed by atoms with Crippen LogP contribution < -0.4 is 5.32 Å². The Hall–Kier alpha value is -1.89. The van der Waals surface area contributed by atoms with Crippen molar-refractivity contribution in [2.75, 3.05) is 13.1 Å². The first-order chi connectivity index (χ1) is 12.6. The third-order valence-electron chi connectivity index (χ3n) is 4.82. The average molecular weight is 395 g/mol. The van der Waals surface area contributed by atoms with Crippen LogP contribution in [0.5, 0.6) is 0 Å². The van der Waals surface area contributed by atoms with Gasteiger partial charge in [0.05, 0.1) is 15.7 Å². The number of hydrogen-bond donors (Lipinski definition) is 1. The Morgan fingerprint density at radius 3 is 2.26 bits per heavy atom. The Kier molecular flexibility index (Phi) is 7.03. The number of likely N-dealkylation sites (tertiary alicyclic amines) is 1. The molecule has 0 spiro atoms. The quantitative estimate of drug-likeness (QED) is 0.804. The van der Waals surface area contributed by atoms with Gasteiger partial charge in [0, 0.05) is 25.6 Å². The van der Waals surface area contributed by atoms with Crippen molar-refractivity contribution in [3.8, 4) is 0 Å². The molecule has 0 bridgehead atoms. The molecule has 0 aromatic heterocycles. The summed E-state index contributed by atoms with van der Waals surface area (Å²) < 4.78 is 25.1. The number of nitrogens with zero attached hydrogens (tertiary/aromatic N) is 1. The number of amides is 2. The van der Waals surface area contributed by atoms with Gasteiger partial charge < -0.3 is 10.2 Å². The number of hydrogen-bond acceptors (Lipinski definition) is 4. The fourth-order valence-corrected chi connectivity index (χ4v) is 4.41. The lowest BCUT2D eigenvalue weighted by Gasteiger charge is -2.33. The van der Waals surface area contributed by atoms with Crippen LogP contribution in [0.25, 0.3) is 0 Å². The fourth-order valence-electron chi connectivity index (χ4n) is 3.17. The first-order valence-corrected chi connectivity index (χ1v) is 11.1. The van der Waals surface area contributed by atoms with E-state index < -0.39 is 15.1 Å². The van der Waals surface area contributed by atoms with Gasteiger partial charge in [-0.3, -0.25) is 9.59 Å². The zero-order valence-electron chi connectivity index (χ0n) is 16.6. The van der Waals surface area contributed by atoms with Gasteiger partial charge in [0.1, 0.15) is 0 Å². The summed E-state index contributed by atoms with van der Waals surface area (Å²) in [7, 11) is -3.54. The van der Waals surface area contributed by atoms with Gasteiger partial charge in [-0.15, -0.1) is 0 Å². The lowest BCUT2D eigenvalue weighted by atomic mass is 10.0. The molecule has 1 N–H and O–H groups in total. The molecule has 1 aromatic rings. The van der Waals surface area contributed by atoms with Crippen LogP contribution in [0.15, 0.2) is 29.2 Å². The van der Waals surface area contributed by atoms with Crippen molar-refractivity contribution in [2.45, 2.75) is 63.1 Å². The van der Waals surface area contributed by atoms with Crippen LogP contribution in [0.2, 0.25) is 0 Å². The van der Waals surface area contributed by atoms with E-state index in [4.69, 9.17) is 0 Å². The molecule has 1 aromatic carbocycles. The second-order valence-corrected chi connectivity index (χ2v) is 10.3. The Morgan fingerprint density at radius 1 is 1.11 bits per heavy atom. The summed E-state index contributed by atoms with van der Waals surface area (Å²) in [4.78, 5) is 26.8. The molecule has 6 nitrogen and oxygen atoms in total. The molecule has 1 heterocycles. The molecular formula is C20H30N2O4S. The van der Waals surface area contributed by atoms with Gasteiger partial charge in [-0.2, -0.15) is 0 Å². The molecule has 1 saturated heterocycles. The molecule has 27 heavy (non-hydrogen) atoms. The van der Waals surface area contributed by atoms with Crippen LogP contribution >= 0.6 is 0 Å². The second-order valence-electron chi connectivity index (χ2n) is 7.82. The van der Waals surface area contributed by atoms with Crippen LogP contribution in [0.4, 0.5) is 0 Å². The Morgan fingerprint density at radius 2 is 1.70 bits per heavy atom. The van der Waals surface area contributed by atoms with Gasteiger partial charge in [-0.25, -0.2) is 8.42 Å². The topological polar surface area (TPSA) is 83.6 Å². The molecule has 1 aliphatic rings. The zero-order chi connectivity index (χ0) is 20.2. The van der Waals surface area contributed by atoms with Crippen LogP contribution in [-0.4, -0.2) is 49.5 Å². The number of rotatable bonds is 6. The van der Waals surface area contributed by atoms with Crippen molar-refractivity contribution in [3.63, 3.8) is 0 Å². The lowest BCUT2D eigenvalue weighted by Crippen LogP contribution is -2.47. The molecule has 1 fully saturated rings. The number of nitrogens with one attached hydrogen (secondary N) is 1. The minimum Gasteiger partial charge on any atom is -0.349 e. The fraction of sp³-hybridized carbons (Fsp3) is 0.600. The van der Waals surface area contributed by atoms with Gasteiger partial charge in [0.2, 0.25) is 5.91 Å². The molecule has 150 valence electrons. The zero-order valence-corrected chi connectivity index (χ0v) is 17.4. The summed E-state index contributed by atoms with van der Waals surface area (Å²) in [6, 6.07) is 6.27. The lowest BCUT2D eigenvalue weighted by molar-refractivity contribution is -0.133. The smallest absolute Gasteiger partial charge is 0.252 e. The number of benzene rings is 1. The number of piperidine rings is 1. The predicted molar refractivity (Wildman–Crippen MR) is 105 cm³/mol. The van der Waals surface area contributed by atoms with Crippen molar-refractivity contribution >= 4 is 21.7 Å². The molecule has 0 atom stereocenters. The number of carbonyl (C=O) groups excluding carboxylic acids is 2. The summed E-state index contributed by atoms with van der Waals surface area (Å²) in [5.41, 5.74) is 0.185. The number of sulfone groups is 1. The third-order valence-corrected chi connectivity index (χ3v) is 7.03. The highest BCUT2D eigenvalue weighted by Gasteiger charge is 2.28. The van der Waals surface area contributed by atoms with Crippen molar-refractivity contribution in [3.05, 3.63) is 29.8 Å². The Bertz CT molecular complexity index is 779. The highest BCUT2D eigenvalue weighted by molar-refractivity contribution is 7.92. The van der Waals surface area contributed by atoms with Gasteiger partial charge in [-0.05, 0) is 44.7 Å². The van der Waals surface area contributed by atoms with E-state index in [9.17, 15) is 18.0 Å². The van der Waals surface area contributed by atoms with Crippen LogP contribution in [0, 0.1) is 5.92 Å².